The highest BCUT2D eigenvalue weighted by molar-refractivity contribution is 5.51. The largest absolute Gasteiger partial charge is 0.470 e. The summed E-state index contributed by atoms with van der Waals surface area (Å²) < 4.78 is 41.0. The Hall–Kier alpha value is -1.59. The van der Waals surface area contributed by atoms with E-state index in [1.54, 1.807) is 0 Å². The predicted octanol–water partition coefficient (Wildman–Crippen LogP) is 1.68. The van der Waals surface area contributed by atoms with Gasteiger partial charge in [-0.05, 0) is 6.07 Å². The molecule has 0 saturated heterocycles. The molecule has 0 saturated carbocycles. The number of aldehydes is 1. The summed E-state index contributed by atoms with van der Waals surface area (Å²) in [5.41, 5.74) is -0.853. The summed E-state index contributed by atoms with van der Waals surface area (Å²) in [6, 6.07) is 1.57. The van der Waals surface area contributed by atoms with Crippen LogP contribution < -0.4 is 4.74 Å². The van der Waals surface area contributed by atoms with Crippen molar-refractivity contribution >= 4 is 6.29 Å². The van der Waals surface area contributed by atoms with Crippen LogP contribution in [0.5, 0.6) is 5.88 Å². The van der Waals surface area contributed by atoms with Gasteiger partial charge in [0.1, 0.15) is 6.61 Å². The molecule has 76 valence electrons. The SMILES string of the molecule is O=CCOc1cc(C(F)(F)F)ccn1. The molecule has 0 aliphatic carbocycles. The molecule has 0 aliphatic heterocycles. The standard InChI is InChI=1S/C8H6F3NO2/c9-8(10,11)6-1-2-12-7(5-6)14-4-3-13/h1-3,5H,4H2. The van der Waals surface area contributed by atoms with Crippen LogP contribution in [0.2, 0.25) is 0 Å². The molecule has 0 aromatic carbocycles. The second kappa shape index (κ2) is 4.08. The zero-order valence-electron chi connectivity index (χ0n) is 6.91. The monoisotopic (exact) mass is 205 g/mol. The van der Waals surface area contributed by atoms with Gasteiger partial charge in [0.2, 0.25) is 5.88 Å². The van der Waals surface area contributed by atoms with Crippen LogP contribution in [0.1, 0.15) is 5.56 Å². The Morgan fingerprint density at radius 1 is 1.50 bits per heavy atom. The normalized spacial score (nSPS) is 11.1. The minimum absolute atomic E-state index is 0.216. The Balaban J connectivity index is 2.84. The molecule has 0 aliphatic rings. The van der Waals surface area contributed by atoms with Gasteiger partial charge in [-0.25, -0.2) is 4.98 Å². The quantitative estimate of drug-likeness (QED) is 0.704. The Kier molecular flexibility index (Phi) is 3.06. The number of ether oxygens (including phenoxy) is 1. The molecule has 0 amide bonds. The van der Waals surface area contributed by atoms with E-state index in [0.717, 1.165) is 18.3 Å². The molecule has 0 N–H and O–H groups in total. The third-order valence-electron chi connectivity index (χ3n) is 1.36. The third kappa shape index (κ3) is 2.72. The number of hydrogen-bond acceptors (Lipinski definition) is 3. The molecular formula is C8H6F3NO2. The van der Waals surface area contributed by atoms with Crippen molar-refractivity contribution in [2.45, 2.75) is 6.18 Å². The van der Waals surface area contributed by atoms with Gasteiger partial charge >= 0.3 is 6.18 Å². The smallest absolute Gasteiger partial charge is 0.416 e. The van der Waals surface area contributed by atoms with Crippen LogP contribution in [0.4, 0.5) is 13.2 Å². The first-order valence-corrected chi connectivity index (χ1v) is 3.63. The number of carbonyl (C=O) groups excluding carboxylic acids is 1. The fourth-order valence-corrected chi connectivity index (χ4v) is 0.784. The van der Waals surface area contributed by atoms with Crippen molar-refractivity contribution in [3.05, 3.63) is 23.9 Å². The van der Waals surface area contributed by atoms with Crippen molar-refractivity contribution < 1.29 is 22.7 Å². The highest BCUT2D eigenvalue weighted by Crippen LogP contribution is 2.30. The van der Waals surface area contributed by atoms with E-state index in [0.29, 0.717) is 6.29 Å². The van der Waals surface area contributed by atoms with Crippen molar-refractivity contribution in [1.29, 1.82) is 0 Å². The summed E-state index contributed by atoms with van der Waals surface area (Å²) in [5, 5.41) is 0. The van der Waals surface area contributed by atoms with Crippen molar-refractivity contribution in [3.63, 3.8) is 0 Å². The maximum Gasteiger partial charge on any atom is 0.416 e. The average molecular weight is 205 g/mol. The second-order valence-electron chi connectivity index (χ2n) is 2.36. The first-order valence-electron chi connectivity index (χ1n) is 3.63. The maximum absolute atomic E-state index is 12.1. The molecule has 3 nitrogen and oxygen atoms in total. The fourth-order valence-electron chi connectivity index (χ4n) is 0.784. The van der Waals surface area contributed by atoms with Crippen molar-refractivity contribution in [1.82, 2.24) is 4.98 Å². The number of carbonyl (C=O) groups is 1. The highest BCUT2D eigenvalue weighted by atomic mass is 19.4. The van der Waals surface area contributed by atoms with Gasteiger partial charge in [-0.1, -0.05) is 0 Å². The lowest BCUT2D eigenvalue weighted by Gasteiger charge is -2.07. The topological polar surface area (TPSA) is 39.2 Å². The predicted molar refractivity (Wildman–Crippen MR) is 40.8 cm³/mol. The minimum atomic E-state index is -4.43. The van der Waals surface area contributed by atoms with Gasteiger partial charge in [0.25, 0.3) is 0 Å². The first kappa shape index (κ1) is 10.5. The van der Waals surface area contributed by atoms with E-state index in [1.165, 1.54) is 0 Å². The van der Waals surface area contributed by atoms with Gasteiger partial charge in [-0.3, -0.25) is 4.79 Å². The van der Waals surface area contributed by atoms with Gasteiger partial charge in [0.05, 0.1) is 5.56 Å². The van der Waals surface area contributed by atoms with E-state index in [2.05, 4.69) is 9.72 Å². The summed E-state index contributed by atoms with van der Waals surface area (Å²) in [6.45, 7) is -0.311. The van der Waals surface area contributed by atoms with Crippen molar-refractivity contribution in [2.75, 3.05) is 6.61 Å². The first-order chi connectivity index (χ1) is 6.54. The molecule has 0 bridgehead atoms. The molecule has 0 spiro atoms. The summed E-state index contributed by atoms with van der Waals surface area (Å²) in [7, 11) is 0. The van der Waals surface area contributed by atoms with Gasteiger partial charge < -0.3 is 4.74 Å². The molecule has 0 fully saturated rings. The maximum atomic E-state index is 12.1. The van der Waals surface area contributed by atoms with E-state index in [-0.39, 0.29) is 12.5 Å². The van der Waals surface area contributed by atoms with E-state index in [1.807, 2.05) is 0 Å². The number of nitrogens with zero attached hydrogens (tertiary/aromatic N) is 1. The van der Waals surface area contributed by atoms with E-state index in [9.17, 15) is 18.0 Å². The number of rotatable bonds is 3. The van der Waals surface area contributed by atoms with Crippen LogP contribution in [-0.4, -0.2) is 17.9 Å². The van der Waals surface area contributed by atoms with Gasteiger partial charge in [0.15, 0.2) is 6.29 Å². The van der Waals surface area contributed by atoms with Crippen molar-refractivity contribution in [3.8, 4) is 5.88 Å². The zero-order valence-corrected chi connectivity index (χ0v) is 6.91. The number of alkyl halides is 3. The summed E-state index contributed by atoms with van der Waals surface area (Å²) in [5.74, 6) is -0.216. The van der Waals surface area contributed by atoms with E-state index < -0.39 is 11.7 Å². The highest BCUT2D eigenvalue weighted by Gasteiger charge is 2.30. The molecule has 0 unspecified atom stereocenters. The molecule has 0 atom stereocenters. The Labute approximate surface area is 77.5 Å². The van der Waals surface area contributed by atoms with Gasteiger partial charge in [-0.2, -0.15) is 13.2 Å². The van der Waals surface area contributed by atoms with Crippen molar-refractivity contribution in [2.24, 2.45) is 0 Å². The molecule has 6 heteroatoms. The lowest BCUT2D eigenvalue weighted by Crippen LogP contribution is -2.06. The molecule has 14 heavy (non-hydrogen) atoms. The Morgan fingerprint density at radius 3 is 2.79 bits per heavy atom. The van der Waals surface area contributed by atoms with Crippen LogP contribution in [0.3, 0.4) is 0 Å². The van der Waals surface area contributed by atoms with Crippen LogP contribution in [-0.2, 0) is 11.0 Å². The van der Waals surface area contributed by atoms with E-state index in [4.69, 9.17) is 0 Å². The molecule has 1 heterocycles. The summed E-state index contributed by atoms with van der Waals surface area (Å²) >= 11 is 0. The number of hydrogen-bond donors (Lipinski definition) is 0. The van der Waals surface area contributed by atoms with Gasteiger partial charge in [0, 0.05) is 12.3 Å². The number of aromatic nitrogens is 1. The van der Waals surface area contributed by atoms with Crippen LogP contribution in [0, 0.1) is 0 Å². The van der Waals surface area contributed by atoms with E-state index >= 15 is 0 Å². The zero-order chi connectivity index (χ0) is 10.6. The summed E-state index contributed by atoms with van der Waals surface area (Å²) in [4.78, 5) is 13.4. The fraction of sp³-hybridized carbons (Fsp3) is 0.250. The average Bonchev–Trinajstić information content (AvgIpc) is 2.14. The van der Waals surface area contributed by atoms with Gasteiger partial charge in [-0.15, -0.1) is 0 Å². The lowest BCUT2D eigenvalue weighted by atomic mass is 10.2. The number of pyridine rings is 1. The molecule has 1 rings (SSSR count). The Morgan fingerprint density at radius 2 is 2.21 bits per heavy atom. The summed E-state index contributed by atoms with van der Waals surface area (Å²) in [6.07, 6.45) is -3.02. The lowest BCUT2D eigenvalue weighted by molar-refractivity contribution is -0.137. The third-order valence-corrected chi connectivity index (χ3v) is 1.36. The molecule has 0 radical (unpaired) electrons. The second-order valence-corrected chi connectivity index (χ2v) is 2.36. The number of halogens is 3. The Bertz CT molecular complexity index is 325. The van der Waals surface area contributed by atoms with Crippen LogP contribution in [0.15, 0.2) is 18.3 Å². The van der Waals surface area contributed by atoms with Crippen LogP contribution in [0.25, 0.3) is 0 Å². The minimum Gasteiger partial charge on any atom is -0.470 e. The molecular weight excluding hydrogens is 199 g/mol. The molecule has 1 aromatic heterocycles. The van der Waals surface area contributed by atoms with Crippen LogP contribution >= 0.6 is 0 Å². The molecule has 1 aromatic rings.